The van der Waals surface area contributed by atoms with Gasteiger partial charge < -0.3 is 26.8 Å². The van der Waals surface area contributed by atoms with Crippen molar-refractivity contribution < 1.29 is 19.5 Å². The predicted molar refractivity (Wildman–Crippen MR) is 141 cm³/mol. The fraction of sp³-hybridized carbons (Fsp3) is 0.667. The molecule has 8 heteroatoms. The van der Waals surface area contributed by atoms with E-state index in [1.54, 1.807) is 24.3 Å². The molecule has 0 aliphatic rings. The molecule has 6 N–H and O–H groups in total. The van der Waals surface area contributed by atoms with Crippen molar-refractivity contribution in [2.45, 2.75) is 79.4 Å². The second kappa shape index (κ2) is 15.5. The summed E-state index contributed by atoms with van der Waals surface area (Å²) < 4.78 is 0. The van der Waals surface area contributed by atoms with E-state index in [0.29, 0.717) is 37.2 Å². The molecular weight excluding hydrogens is 444 g/mol. The first-order chi connectivity index (χ1) is 16.5. The number of unbranched alkanes of at least 4 members (excludes halogenated alkanes) is 1. The number of benzene rings is 1. The molecule has 198 valence electrons. The number of anilines is 1. The molecule has 8 nitrogen and oxygen atoms in total. The number of aliphatic hydroxyl groups is 1. The Hall–Kier alpha value is -2.45. The minimum atomic E-state index is -0.822. The zero-order chi connectivity index (χ0) is 26.5. The Morgan fingerprint density at radius 3 is 2.23 bits per heavy atom. The van der Waals surface area contributed by atoms with Crippen molar-refractivity contribution in [3.63, 3.8) is 0 Å². The maximum atomic E-state index is 12.8. The van der Waals surface area contributed by atoms with Crippen LogP contribution in [-0.4, -0.2) is 48.1 Å². The molecule has 1 rings (SSSR count). The topological polar surface area (TPSA) is 134 Å². The standard InChI is InChI=1S/C27H46N4O4/c1-7-8-13-29-27(35)22(18(4)5)15-25(33)23(28)14-20(17(2)3)16-30-26(34)21-11-9-10-12-24(21)31-19(6)32/h9-12,17-18,20,22-23,25,33H,7-8,13-16,28H2,1-6H3,(H,29,35)(H,30,34)(H,31,32)/t20?,22-,23-,25-/m0/s1. The summed E-state index contributed by atoms with van der Waals surface area (Å²) in [6.07, 6.45) is 1.92. The molecule has 0 heterocycles. The highest BCUT2D eigenvalue weighted by molar-refractivity contribution is 6.03. The molecule has 0 saturated carbocycles. The maximum absolute atomic E-state index is 12.8. The fourth-order valence-electron chi connectivity index (χ4n) is 4.03. The van der Waals surface area contributed by atoms with Crippen molar-refractivity contribution in [1.82, 2.24) is 10.6 Å². The van der Waals surface area contributed by atoms with Gasteiger partial charge in [0.2, 0.25) is 11.8 Å². The zero-order valence-electron chi connectivity index (χ0n) is 22.3. The molecule has 0 aromatic heterocycles. The summed E-state index contributed by atoms with van der Waals surface area (Å²) in [4.78, 5) is 36.9. The SMILES string of the molecule is CCCCNC(=O)[C@@H](C[C@H](O)[C@@H](N)CC(CNC(=O)c1ccccc1NC(C)=O)C(C)C)C(C)C. The molecular formula is C27H46N4O4. The average Bonchev–Trinajstić information content (AvgIpc) is 2.79. The molecule has 1 unspecified atom stereocenters. The van der Waals surface area contributed by atoms with E-state index in [1.165, 1.54) is 6.92 Å². The van der Waals surface area contributed by atoms with Gasteiger partial charge in [-0.25, -0.2) is 0 Å². The number of carbonyl (C=O) groups is 3. The Labute approximate surface area is 210 Å². The van der Waals surface area contributed by atoms with Crippen LogP contribution in [0, 0.1) is 23.7 Å². The molecule has 1 aromatic rings. The Bertz CT molecular complexity index is 812. The Morgan fingerprint density at radius 2 is 1.66 bits per heavy atom. The summed E-state index contributed by atoms with van der Waals surface area (Å²) in [7, 11) is 0. The van der Waals surface area contributed by atoms with Crippen LogP contribution in [0.5, 0.6) is 0 Å². The monoisotopic (exact) mass is 490 g/mol. The molecule has 0 radical (unpaired) electrons. The molecule has 0 aliphatic heterocycles. The maximum Gasteiger partial charge on any atom is 0.253 e. The lowest BCUT2D eigenvalue weighted by molar-refractivity contribution is -0.127. The van der Waals surface area contributed by atoms with E-state index in [-0.39, 0.29) is 41.4 Å². The van der Waals surface area contributed by atoms with Gasteiger partial charge in [0.05, 0.1) is 17.4 Å². The van der Waals surface area contributed by atoms with Gasteiger partial charge in [0, 0.05) is 32.0 Å². The predicted octanol–water partition coefficient (Wildman–Crippen LogP) is 3.30. The Balaban J connectivity index is 2.75. The van der Waals surface area contributed by atoms with Crippen molar-refractivity contribution in [1.29, 1.82) is 0 Å². The summed E-state index contributed by atoms with van der Waals surface area (Å²) in [6, 6.07) is 6.34. The molecule has 0 spiro atoms. The van der Waals surface area contributed by atoms with E-state index in [9.17, 15) is 19.5 Å². The van der Waals surface area contributed by atoms with Gasteiger partial charge in [-0.3, -0.25) is 14.4 Å². The number of nitrogens with one attached hydrogen (secondary N) is 3. The third kappa shape index (κ3) is 10.8. The van der Waals surface area contributed by atoms with Crippen LogP contribution < -0.4 is 21.7 Å². The van der Waals surface area contributed by atoms with E-state index in [2.05, 4.69) is 36.7 Å². The Morgan fingerprint density at radius 1 is 1.00 bits per heavy atom. The van der Waals surface area contributed by atoms with Crippen molar-refractivity contribution in [3.05, 3.63) is 29.8 Å². The highest BCUT2D eigenvalue weighted by atomic mass is 16.3. The lowest BCUT2D eigenvalue weighted by Gasteiger charge is -2.30. The van der Waals surface area contributed by atoms with Gasteiger partial charge in [-0.2, -0.15) is 0 Å². The number of hydrogen-bond donors (Lipinski definition) is 5. The molecule has 35 heavy (non-hydrogen) atoms. The number of amides is 3. The van der Waals surface area contributed by atoms with Crippen LogP contribution in [0.15, 0.2) is 24.3 Å². The first-order valence-electron chi connectivity index (χ1n) is 12.8. The number of aliphatic hydroxyl groups excluding tert-OH is 1. The van der Waals surface area contributed by atoms with Gasteiger partial charge in [0.1, 0.15) is 0 Å². The number of carbonyl (C=O) groups excluding carboxylic acids is 3. The van der Waals surface area contributed by atoms with Gasteiger partial charge in [-0.1, -0.05) is 53.2 Å². The lowest BCUT2D eigenvalue weighted by Crippen LogP contribution is -2.44. The third-order valence-electron chi connectivity index (χ3n) is 6.49. The zero-order valence-corrected chi connectivity index (χ0v) is 22.3. The number of nitrogens with two attached hydrogens (primary N) is 1. The first-order valence-corrected chi connectivity index (χ1v) is 12.8. The second-order valence-electron chi connectivity index (χ2n) is 10.1. The van der Waals surface area contributed by atoms with Crippen molar-refractivity contribution in [2.24, 2.45) is 29.4 Å². The number of para-hydroxylation sites is 1. The number of rotatable bonds is 15. The molecule has 0 fully saturated rings. The highest BCUT2D eigenvalue weighted by Gasteiger charge is 2.29. The van der Waals surface area contributed by atoms with Gasteiger partial charge in [0.15, 0.2) is 0 Å². The van der Waals surface area contributed by atoms with Crippen molar-refractivity contribution in [2.75, 3.05) is 18.4 Å². The van der Waals surface area contributed by atoms with Gasteiger partial charge >= 0.3 is 0 Å². The van der Waals surface area contributed by atoms with Gasteiger partial charge in [-0.15, -0.1) is 0 Å². The molecule has 3 amide bonds. The third-order valence-corrected chi connectivity index (χ3v) is 6.49. The normalized spacial score (nSPS) is 14.8. The number of hydrogen-bond acceptors (Lipinski definition) is 5. The summed E-state index contributed by atoms with van der Waals surface area (Å²) in [5.41, 5.74) is 7.23. The summed E-state index contributed by atoms with van der Waals surface area (Å²) in [5.74, 6) is -0.533. The fourth-order valence-corrected chi connectivity index (χ4v) is 4.03. The molecule has 4 atom stereocenters. The highest BCUT2D eigenvalue weighted by Crippen LogP contribution is 2.23. The van der Waals surface area contributed by atoms with Crippen LogP contribution in [0.4, 0.5) is 5.69 Å². The van der Waals surface area contributed by atoms with Gasteiger partial charge in [0.25, 0.3) is 5.91 Å². The van der Waals surface area contributed by atoms with E-state index in [1.807, 2.05) is 13.8 Å². The lowest BCUT2D eigenvalue weighted by atomic mass is 9.83. The minimum Gasteiger partial charge on any atom is -0.391 e. The summed E-state index contributed by atoms with van der Waals surface area (Å²) in [6.45, 7) is 12.6. The first kappa shape index (κ1) is 30.6. The van der Waals surface area contributed by atoms with Crippen molar-refractivity contribution >= 4 is 23.4 Å². The van der Waals surface area contributed by atoms with Crippen LogP contribution in [0.25, 0.3) is 0 Å². The molecule has 0 saturated heterocycles. The van der Waals surface area contributed by atoms with E-state index in [4.69, 9.17) is 5.73 Å². The van der Waals surface area contributed by atoms with Gasteiger partial charge in [-0.05, 0) is 49.1 Å². The van der Waals surface area contributed by atoms with E-state index >= 15 is 0 Å². The molecule has 0 bridgehead atoms. The summed E-state index contributed by atoms with van der Waals surface area (Å²) >= 11 is 0. The smallest absolute Gasteiger partial charge is 0.253 e. The van der Waals surface area contributed by atoms with Crippen LogP contribution in [0.2, 0.25) is 0 Å². The molecule has 1 aromatic carbocycles. The average molecular weight is 491 g/mol. The van der Waals surface area contributed by atoms with Crippen LogP contribution in [0.3, 0.4) is 0 Å². The van der Waals surface area contributed by atoms with E-state index < -0.39 is 12.1 Å². The van der Waals surface area contributed by atoms with Crippen molar-refractivity contribution in [3.8, 4) is 0 Å². The van der Waals surface area contributed by atoms with Crippen LogP contribution >= 0.6 is 0 Å². The largest absolute Gasteiger partial charge is 0.391 e. The van der Waals surface area contributed by atoms with Crippen LogP contribution in [-0.2, 0) is 9.59 Å². The molecule has 0 aliphatic carbocycles. The van der Waals surface area contributed by atoms with E-state index in [0.717, 1.165) is 12.8 Å². The Kier molecular flexibility index (Phi) is 13.6. The minimum absolute atomic E-state index is 0.0346. The second-order valence-corrected chi connectivity index (χ2v) is 10.1. The van der Waals surface area contributed by atoms with Crippen LogP contribution in [0.1, 0.15) is 77.6 Å². The summed E-state index contributed by atoms with van der Waals surface area (Å²) in [5, 5.41) is 19.4. The quantitative estimate of drug-likeness (QED) is 0.241.